The summed E-state index contributed by atoms with van der Waals surface area (Å²) in [7, 11) is 0.316. The molecule has 0 amide bonds. The third-order valence-corrected chi connectivity index (χ3v) is 6.87. The van der Waals surface area contributed by atoms with E-state index in [0.29, 0.717) is 21.8 Å². The van der Waals surface area contributed by atoms with Crippen molar-refractivity contribution in [2.45, 2.75) is 17.5 Å². The zero-order chi connectivity index (χ0) is 15.5. The molecule has 0 spiro atoms. The van der Waals surface area contributed by atoms with E-state index in [1.165, 1.54) is 11.3 Å². The quantitative estimate of drug-likeness (QED) is 0.743. The Kier molecular flexibility index (Phi) is 6.18. The van der Waals surface area contributed by atoms with Gasteiger partial charge in [-0.25, -0.2) is 13.1 Å². The lowest BCUT2D eigenvalue weighted by Crippen LogP contribution is -2.45. The Morgan fingerprint density at radius 3 is 3.00 bits per heavy atom. The van der Waals surface area contributed by atoms with Gasteiger partial charge in [0.25, 0.3) is 0 Å². The Labute approximate surface area is 138 Å². The van der Waals surface area contributed by atoms with Crippen LogP contribution in [0.2, 0.25) is 0 Å². The summed E-state index contributed by atoms with van der Waals surface area (Å²) in [5, 5.41) is 3.01. The highest BCUT2D eigenvalue weighted by atomic mass is 79.9. The second-order valence-electron chi connectivity index (χ2n) is 4.99. The first-order valence-corrected chi connectivity index (χ1v) is 9.74. The van der Waals surface area contributed by atoms with Gasteiger partial charge >= 0.3 is 0 Å². The Morgan fingerprint density at radius 2 is 2.33 bits per heavy atom. The van der Waals surface area contributed by atoms with Gasteiger partial charge in [-0.05, 0) is 36.1 Å². The van der Waals surface area contributed by atoms with Gasteiger partial charge in [0.1, 0.15) is 4.90 Å². The molecular weight excluding hydrogens is 378 g/mol. The maximum absolute atomic E-state index is 12.4. The lowest BCUT2D eigenvalue weighted by atomic mass is 10.3. The molecule has 1 aromatic heterocycles. The number of nitrogens with one attached hydrogen (secondary N) is 2. The minimum absolute atomic E-state index is 0.104. The van der Waals surface area contributed by atoms with E-state index in [0.717, 1.165) is 18.0 Å². The van der Waals surface area contributed by atoms with Gasteiger partial charge < -0.3 is 15.0 Å². The monoisotopic (exact) mass is 397 g/mol. The van der Waals surface area contributed by atoms with Crippen molar-refractivity contribution in [3.05, 3.63) is 14.7 Å². The number of sulfonamides is 1. The molecular formula is C12H20BrN3O3S2. The van der Waals surface area contributed by atoms with E-state index >= 15 is 0 Å². The molecule has 2 rings (SSSR count). The number of ether oxygens (including phenoxy) is 1. The van der Waals surface area contributed by atoms with Crippen LogP contribution in [-0.2, 0) is 21.3 Å². The molecule has 1 aliphatic heterocycles. The topological polar surface area (TPSA) is 70.7 Å². The molecule has 21 heavy (non-hydrogen) atoms. The minimum Gasteiger partial charge on any atom is -0.374 e. The number of rotatable bonds is 6. The van der Waals surface area contributed by atoms with Gasteiger partial charge in [0.05, 0.1) is 16.5 Å². The largest absolute Gasteiger partial charge is 0.374 e. The zero-order valence-electron chi connectivity index (χ0n) is 12.1. The van der Waals surface area contributed by atoms with Gasteiger partial charge in [0.15, 0.2) is 0 Å². The van der Waals surface area contributed by atoms with Crippen molar-refractivity contribution in [1.82, 2.24) is 14.9 Å². The fourth-order valence-corrected chi connectivity index (χ4v) is 5.87. The summed E-state index contributed by atoms with van der Waals surface area (Å²) in [5.74, 6) is 0. The maximum atomic E-state index is 12.4. The van der Waals surface area contributed by atoms with Crippen molar-refractivity contribution in [1.29, 1.82) is 0 Å². The second-order valence-corrected chi connectivity index (χ2v) is 9.18. The summed E-state index contributed by atoms with van der Waals surface area (Å²) in [4.78, 5) is 3.40. The van der Waals surface area contributed by atoms with Gasteiger partial charge in [0, 0.05) is 31.1 Å². The molecule has 120 valence electrons. The van der Waals surface area contributed by atoms with Gasteiger partial charge in [-0.1, -0.05) is 0 Å². The number of thiophene rings is 1. The van der Waals surface area contributed by atoms with Crippen LogP contribution < -0.4 is 10.0 Å². The van der Waals surface area contributed by atoms with Crippen molar-refractivity contribution in [3.8, 4) is 0 Å². The Morgan fingerprint density at radius 1 is 1.57 bits per heavy atom. The first kappa shape index (κ1) is 17.3. The van der Waals surface area contributed by atoms with E-state index in [1.807, 2.05) is 14.1 Å². The summed E-state index contributed by atoms with van der Waals surface area (Å²) in [5.41, 5.74) is 0. The Balaban J connectivity index is 2.01. The molecule has 1 fully saturated rings. The number of halogens is 1. The molecule has 1 aromatic rings. The van der Waals surface area contributed by atoms with Crippen LogP contribution in [0.15, 0.2) is 14.7 Å². The van der Waals surface area contributed by atoms with Crippen LogP contribution in [0.25, 0.3) is 0 Å². The lowest BCUT2D eigenvalue weighted by molar-refractivity contribution is -0.0156. The Bertz CT molecular complexity index is 576. The van der Waals surface area contributed by atoms with E-state index < -0.39 is 10.0 Å². The molecule has 9 heteroatoms. The highest BCUT2D eigenvalue weighted by Gasteiger charge is 2.24. The average Bonchev–Trinajstić information content (AvgIpc) is 2.79. The molecule has 1 aliphatic rings. The fourth-order valence-electron chi connectivity index (χ4n) is 2.11. The third kappa shape index (κ3) is 4.72. The predicted molar refractivity (Wildman–Crippen MR) is 87.2 cm³/mol. The van der Waals surface area contributed by atoms with Crippen molar-refractivity contribution in [3.63, 3.8) is 0 Å². The van der Waals surface area contributed by atoms with E-state index in [2.05, 4.69) is 30.9 Å². The highest BCUT2D eigenvalue weighted by Crippen LogP contribution is 2.31. The van der Waals surface area contributed by atoms with Crippen LogP contribution in [0.1, 0.15) is 4.88 Å². The lowest BCUT2D eigenvalue weighted by Gasteiger charge is -2.30. The van der Waals surface area contributed by atoms with Crippen LogP contribution in [0.3, 0.4) is 0 Å². The first-order valence-electron chi connectivity index (χ1n) is 6.65. The van der Waals surface area contributed by atoms with Crippen LogP contribution in [0, 0.1) is 0 Å². The van der Waals surface area contributed by atoms with Crippen molar-refractivity contribution in [2.24, 2.45) is 0 Å². The SMILES string of the molecule is CNCc1cc(S(=O)(=O)NCC2CN(C)CCO2)c(Br)s1. The molecule has 0 aromatic carbocycles. The van der Waals surface area contributed by atoms with Crippen molar-refractivity contribution >= 4 is 37.3 Å². The number of nitrogens with zero attached hydrogens (tertiary/aromatic N) is 1. The molecule has 2 N–H and O–H groups in total. The number of morpholine rings is 1. The second kappa shape index (κ2) is 7.49. The smallest absolute Gasteiger partial charge is 0.242 e. The summed E-state index contributed by atoms with van der Waals surface area (Å²) >= 11 is 4.75. The van der Waals surface area contributed by atoms with E-state index in [-0.39, 0.29) is 12.6 Å². The standard InChI is InChI=1S/C12H20BrN3O3S2/c1-14-7-10-5-11(12(13)20-10)21(17,18)15-6-9-8-16(2)3-4-19-9/h5,9,14-15H,3-4,6-8H2,1-2H3. The zero-order valence-corrected chi connectivity index (χ0v) is 15.3. The van der Waals surface area contributed by atoms with Crippen LogP contribution in [-0.4, -0.2) is 59.8 Å². The fraction of sp³-hybridized carbons (Fsp3) is 0.667. The van der Waals surface area contributed by atoms with Gasteiger partial charge in [-0.2, -0.15) is 0 Å². The predicted octanol–water partition coefficient (Wildman–Crippen LogP) is 0.839. The molecule has 0 radical (unpaired) electrons. The molecule has 0 bridgehead atoms. The highest BCUT2D eigenvalue weighted by molar-refractivity contribution is 9.11. The number of likely N-dealkylation sites (N-methyl/N-ethyl adjacent to an activating group) is 1. The van der Waals surface area contributed by atoms with Crippen LogP contribution in [0.4, 0.5) is 0 Å². The molecule has 2 heterocycles. The molecule has 1 unspecified atom stereocenters. The summed E-state index contributed by atoms with van der Waals surface area (Å²) < 4.78 is 33.6. The van der Waals surface area contributed by atoms with E-state index in [4.69, 9.17) is 4.74 Å². The summed E-state index contributed by atoms with van der Waals surface area (Å²) in [6.45, 7) is 3.19. The molecule has 0 saturated carbocycles. The van der Waals surface area contributed by atoms with Crippen molar-refractivity contribution in [2.75, 3.05) is 40.3 Å². The minimum atomic E-state index is -3.52. The summed E-state index contributed by atoms with van der Waals surface area (Å²) in [6, 6.07) is 1.70. The molecule has 1 saturated heterocycles. The number of hydrogen-bond acceptors (Lipinski definition) is 6. The maximum Gasteiger partial charge on any atom is 0.242 e. The van der Waals surface area contributed by atoms with Gasteiger partial charge in [0.2, 0.25) is 10.0 Å². The molecule has 0 aliphatic carbocycles. The van der Waals surface area contributed by atoms with E-state index in [9.17, 15) is 8.42 Å². The summed E-state index contributed by atoms with van der Waals surface area (Å²) in [6.07, 6.45) is -0.104. The third-order valence-electron chi connectivity index (χ3n) is 3.19. The Hall–Kier alpha value is -0.0300. The average molecular weight is 398 g/mol. The van der Waals surface area contributed by atoms with Gasteiger partial charge in [-0.15, -0.1) is 11.3 Å². The number of hydrogen-bond donors (Lipinski definition) is 2. The van der Waals surface area contributed by atoms with E-state index in [1.54, 1.807) is 6.07 Å². The van der Waals surface area contributed by atoms with Gasteiger partial charge in [-0.3, -0.25) is 0 Å². The van der Waals surface area contributed by atoms with Crippen LogP contribution >= 0.6 is 27.3 Å². The van der Waals surface area contributed by atoms with Crippen LogP contribution in [0.5, 0.6) is 0 Å². The molecule has 6 nitrogen and oxygen atoms in total. The van der Waals surface area contributed by atoms with Crippen molar-refractivity contribution < 1.29 is 13.2 Å². The normalized spacial score (nSPS) is 20.8. The first-order chi connectivity index (χ1) is 9.92. The molecule has 1 atom stereocenters.